The molecule has 0 bridgehead atoms. The molecule has 2 fully saturated rings. The Morgan fingerprint density at radius 2 is 1.76 bits per heavy atom. The number of imidazole rings is 1. The van der Waals surface area contributed by atoms with Gasteiger partial charge in [-0.1, -0.05) is 12.1 Å². The molecule has 4 heterocycles. The van der Waals surface area contributed by atoms with E-state index < -0.39 is 0 Å². The Bertz CT molecular complexity index is 1720. The predicted molar refractivity (Wildman–Crippen MR) is 160 cm³/mol. The van der Waals surface area contributed by atoms with Crippen LogP contribution >= 0.6 is 0 Å². The van der Waals surface area contributed by atoms with E-state index in [0.29, 0.717) is 47.3 Å². The summed E-state index contributed by atoms with van der Waals surface area (Å²) in [5, 5.41) is 3.52. The number of hydrogen-bond acceptors (Lipinski definition) is 7. The van der Waals surface area contributed by atoms with Crippen molar-refractivity contribution >= 4 is 22.7 Å². The SMILES string of the molecule is CNC1(c2ccc(-n3c(-c4cccnc4N)nc4ccc(-c5cc(F)cc(N6CCOCC6)c5)nc43)cc2)CCC1. The van der Waals surface area contributed by atoms with Crippen LogP contribution < -0.4 is 16.0 Å². The molecule has 0 atom stereocenters. The third-order valence-corrected chi connectivity index (χ3v) is 8.50. The van der Waals surface area contributed by atoms with Crippen LogP contribution in [0, 0.1) is 5.82 Å². The minimum atomic E-state index is -0.298. The molecule has 3 aromatic heterocycles. The number of nitrogens with zero attached hydrogens (tertiary/aromatic N) is 5. The Kier molecular flexibility index (Phi) is 6.40. The van der Waals surface area contributed by atoms with Crippen LogP contribution in [-0.2, 0) is 10.3 Å². The van der Waals surface area contributed by atoms with Crippen LogP contribution in [0.4, 0.5) is 15.9 Å². The summed E-state index contributed by atoms with van der Waals surface area (Å²) in [6.45, 7) is 2.71. The number of halogens is 1. The van der Waals surface area contributed by atoms with E-state index >= 15 is 0 Å². The lowest BCUT2D eigenvalue weighted by atomic mass is 9.72. The molecule has 1 saturated heterocycles. The van der Waals surface area contributed by atoms with Gasteiger partial charge < -0.3 is 20.7 Å². The number of aromatic nitrogens is 4. The molecule has 1 aliphatic carbocycles. The van der Waals surface area contributed by atoms with E-state index in [9.17, 15) is 4.39 Å². The number of nitrogens with one attached hydrogen (secondary N) is 1. The zero-order valence-corrected chi connectivity index (χ0v) is 23.0. The Hall–Kier alpha value is -4.34. The minimum absolute atomic E-state index is 0.0349. The normalized spacial score (nSPS) is 16.6. The maximum atomic E-state index is 14.9. The van der Waals surface area contributed by atoms with Crippen LogP contribution in [0.3, 0.4) is 0 Å². The van der Waals surface area contributed by atoms with Gasteiger partial charge in [-0.05, 0) is 86.5 Å². The number of nitrogens with two attached hydrogens (primary N) is 1. The van der Waals surface area contributed by atoms with E-state index in [-0.39, 0.29) is 11.4 Å². The zero-order chi connectivity index (χ0) is 28.0. The average Bonchev–Trinajstić information content (AvgIpc) is 3.36. The van der Waals surface area contributed by atoms with Gasteiger partial charge in [-0.25, -0.2) is 19.3 Å². The zero-order valence-electron chi connectivity index (χ0n) is 23.0. The van der Waals surface area contributed by atoms with Crippen molar-refractivity contribution in [2.45, 2.75) is 24.8 Å². The first-order valence-corrected chi connectivity index (χ1v) is 14.1. The summed E-state index contributed by atoms with van der Waals surface area (Å²) in [6, 6.07) is 21.3. The molecule has 5 aromatic rings. The van der Waals surface area contributed by atoms with Crippen LogP contribution in [0.15, 0.2) is 72.9 Å². The summed E-state index contributed by atoms with van der Waals surface area (Å²) < 4.78 is 22.4. The van der Waals surface area contributed by atoms with Crippen molar-refractivity contribution in [3.63, 3.8) is 0 Å². The molecular weight excluding hydrogens is 517 g/mol. The second-order valence-electron chi connectivity index (χ2n) is 10.8. The fourth-order valence-electron chi connectivity index (χ4n) is 6.02. The quantitative estimate of drug-likeness (QED) is 0.297. The topological polar surface area (TPSA) is 94.1 Å². The van der Waals surface area contributed by atoms with Crippen molar-refractivity contribution in [2.24, 2.45) is 0 Å². The lowest BCUT2D eigenvalue weighted by Gasteiger charge is -2.42. The molecule has 3 N–H and O–H groups in total. The number of pyridine rings is 2. The highest BCUT2D eigenvalue weighted by Gasteiger charge is 2.36. The number of morpholine rings is 1. The lowest BCUT2D eigenvalue weighted by molar-refractivity contribution is 0.122. The minimum Gasteiger partial charge on any atom is -0.383 e. The molecule has 0 amide bonds. The number of rotatable bonds is 6. The number of benzene rings is 2. The third-order valence-electron chi connectivity index (χ3n) is 8.50. The van der Waals surface area contributed by atoms with Gasteiger partial charge in [0.25, 0.3) is 0 Å². The van der Waals surface area contributed by atoms with Crippen molar-refractivity contribution in [3.05, 3.63) is 84.3 Å². The van der Waals surface area contributed by atoms with Crippen LogP contribution in [0.5, 0.6) is 0 Å². The van der Waals surface area contributed by atoms with E-state index in [1.807, 2.05) is 41.9 Å². The van der Waals surface area contributed by atoms with E-state index in [4.69, 9.17) is 20.4 Å². The predicted octanol–water partition coefficient (Wildman–Crippen LogP) is 5.31. The maximum absolute atomic E-state index is 14.9. The summed E-state index contributed by atoms with van der Waals surface area (Å²) in [4.78, 5) is 16.5. The molecule has 2 aromatic carbocycles. The van der Waals surface area contributed by atoms with Crippen LogP contribution in [0.25, 0.3) is 39.5 Å². The summed E-state index contributed by atoms with van der Waals surface area (Å²) in [7, 11) is 2.03. The summed E-state index contributed by atoms with van der Waals surface area (Å²) in [5.41, 5.74) is 12.8. The van der Waals surface area contributed by atoms with Gasteiger partial charge in [-0.3, -0.25) is 4.57 Å². The molecule has 1 saturated carbocycles. The molecule has 0 radical (unpaired) electrons. The van der Waals surface area contributed by atoms with Gasteiger partial charge in [0.2, 0.25) is 0 Å². The molecule has 1 aliphatic heterocycles. The van der Waals surface area contributed by atoms with Crippen molar-refractivity contribution in [3.8, 4) is 28.3 Å². The highest BCUT2D eigenvalue weighted by Crippen LogP contribution is 2.41. The highest BCUT2D eigenvalue weighted by atomic mass is 19.1. The third kappa shape index (κ3) is 4.51. The Labute approximate surface area is 238 Å². The summed E-state index contributed by atoms with van der Waals surface area (Å²) in [6.07, 6.45) is 5.14. The highest BCUT2D eigenvalue weighted by molar-refractivity contribution is 5.85. The van der Waals surface area contributed by atoms with Gasteiger partial charge in [-0.2, -0.15) is 0 Å². The maximum Gasteiger partial charge on any atom is 0.165 e. The second-order valence-corrected chi connectivity index (χ2v) is 10.8. The Morgan fingerprint density at radius 1 is 0.951 bits per heavy atom. The first kappa shape index (κ1) is 25.6. The number of hydrogen-bond donors (Lipinski definition) is 2. The first-order valence-electron chi connectivity index (χ1n) is 14.1. The fraction of sp³-hybridized carbons (Fsp3) is 0.281. The Balaban J connectivity index is 1.37. The van der Waals surface area contributed by atoms with Gasteiger partial charge in [0.15, 0.2) is 11.5 Å². The smallest absolute Gasteiger partial charge is 0.165 e. The fourth-order valence-corrected chi connectivity index (χ4v) is 6.02. The van der Waals surface area contributed by atoms with Gasteiger partial charge in [0, 0.05) is 41.8 Å². The molecule has 41 heavy (non-hydrogen) atoms. The number of fused-ring (bicyclic) bond motifs is 1. The molecule has 8 nitrogen and oxygen atoms in total. The Morgan fingerprint density at radius 3 is 2.46 bits per heavy atom. The number of anilines is 2. The van der Waals surface area contributed by atoms with Gasteiger partial charge >= 0.3 is 0 Å². The number of nitrogen functional groups attached to an aromatic ring is 1. The van der Waals surface area contributed by atoms with E-state index in [1.165, 1.54) is 18.1 Å². The van der Waals surface area contributed by atoms with Gasteiger partial charge in [-0.15, -0.1) is 0 Å². The van der Waals surface area contributed by atoms with Crippen LogP contribution in [0.2, 0.25) is 0 Å². The molecule has 2 aliphatic rings. The van der Waals surface area contributed by atoms with Crippen LogP contribution in [0.1, 0.15) is 24.8 Å². The summed E-state index contributed by atoms with van der Waals surface area (Å²) in [5.74, 6) is 0.751. The molecule has 9 heteroatoms. The summed E-state index contributed by atoms with van der Waals surface area (Å²) >= 11 is 0. The van der Waals surface area contributed by atoms with Crippen molar-refractivity contribution in [1.82, 2.24) is 24.8 Å². The van der Waals surface area contributed by atoms with Gasteiger partial charge in [0.1, 0.15) is 17.2 Å². The standard InChI is InChI=1S/C32H32FN7O/c1-35-32(11-3-12-32)22-5-7-24(8-6-22)40-30(26-4-2-13-36-29(26)34)38-28-10-9-27(37-31(28)40)21-18-23(33)20-25(19-21)39-14-16-41-17-15-39/h2,4-10,13,18-20,35H,3,11-12,14-17H2,1H3,(H2,34,36). The molecular formula is C32H32FN7O. The molecule has 208 valence electrons. The molecule has 7 rings (SSSR count). The first-order chi connectivity index (χ1) is 20.0. The van der Waals surface area contributed by atoms with Crippen molar-refractivity contribution < 1.29 is 9.13 Å². The lowest BCUT2D eigenvalue weighted by Crippen LogP contribution is -2.45. The van der Waals surface area contributed by atoms with E-state index in [0.717, 1.165) is 42.9 Å². The van der Waals surface area contributed by atoms with E-state index in [2.05, 4.69) is 39.5 Å². The van der Waals surface area contributed by atoms with Gasteiger partial charge in [0.05, 0.1) is 24.5 Å². The monoisotopic (exact) mass is 549 g/mol. The van der Waals surface area contributed by atoms with E-state index in [1.54, 1.807) is 12.3 Å². The number of ether oxygens (including phenoxy) is 1. The molecule has 0 unspecified atom stereocenters. The van der Waals surface area contributed by atoms with Crippen molar-refractivity contribution in [1.29, 1.82) is 0 Å². The van der Waals surface area contributed by atoms with Crippen LogP contribution in [-0.4, -0.2) is 52.9 Å². The molecule has 0 spiro atoms. The second kappa shape index (κ2) is 10.2. The van der Waals surface area contributed by atoms with Crippen molar-refractivity contribution in [2.75, 3.05) is 44.0 Å². The average molecular weight is 550 g/mol. The largest absolute Gasteiger partial charge is 0.383 e.